The number of rotatable bonds is 4. The molecule has 0 spiro atoms. The molecule has 7 heteroatoms. The maximum Gasteiger partial charge on any atom is 0.274 e. The molecule has 0 fully saturated rings. The summed E-state index contributed by atoms with van der Waals surface area (Å²) in [5.41, 5.74) is 1.57. The third kappa shape index (κ3) is 3.42. The number of hydrogen-bond donors (Lipinski definition) is 2. The Morgan fingerprint density at radius 1 is 1.24 bits per heavy atom. The Morgan fingerprint density at radius 3 is 2.80 bits per heavy atom. The van der Waals surface area contributed by atoms with Gasteiger partial charge in [0, 0.05) is 29.7 Å². The molecule has 0 unspecified atom stereocenters. The second-order valence-electron chi connectivity index (χ2n) is 5.64. The van der Waals surface area contributed by atoms with E-state index in [0.717, 1.165) is 10.9 Å². The molecular formula is C18H15ClN4O2. The van der Waals surface area contributed by atoms with E-state index in [-0.39, 0.29) is 11.1 Å². The third-order valence-corrected chi connectivity index (χ3v) is 4.25. The Hall–Kier alpha value is -3.04. The SMILES string of the molecule is Cn1c(C#N)ccc(NCCc2cc3cc(Cl)ccc3[nH]c2=O)c1=O. The molecule has 0 aliphatic heterocycles. The Bertz CT molecular complexity index is 1110. The lowest BCUT2D eigenvalue weighted by Crippen LogP contribution is -2.24. The van der Waals surface area contributed by atoms with Crippen LogP contribution in [0, 0.1) is 11.3 Å². The molecule has 2 N–H and O–H groups in total. The maximum atomic E-state index is 12.1. The Morgan fingerprint density at radius 2 is 2.04 bits per heavy atom. The number of aromatic nitrogens is 2. The molecule has 2 heterocycles. The van der Waals surface area contributed by atoms with Crippen molar-refractivity contribution >= 4 is 28.2 Å². The molecule has 3 rings (SSSR count). The second-order valence-corrected chi connectivity index (χ2v) is 6.08. The van der Waals surface area contributed by atoms with Crippen LogP contribution in [0.3, 0.4) is 0 Å². The van der Waals surface area contributed by atoms with Crippen LogP contribution >= 0.6 is 11.6 Å². The van der Waals surface area contributed by atoms with Crippen molar-refractivity contribution in [3.05, 3.63) is 73.4 Å². The van der Waals surface area contributed by atoms with Crippen LogP contribution < -0.4 is 16.4 Å². The first-order valence-corrected chi connectivity index (χ1v) is 8.03. The molecule has 3 aromatic rings. The molecule has 0 saturated carbocycles. The molecule has 0 atom stereocenters. The molecule has 25 heavy (non-hydrogen) atoms. The van der Waals surface area contributed by atoms with Crippen LogP contribution in [0.4, 0.5) is 5.69 Å². The zero-order valence-corrected chi connectivity index (χ0v) is 14.2. The van der Waals surface area contributed by atoms with Gasteiger partial charge in [-0.05, 0) is 48.2 Å². The average Bonchev–Trinajstić information content (AvgIpc) is 2.59. The first-order valence-electron chi connectivity index (χ1n) is 7.65. The minimum Gasteiger partial charge on any atom is -0.380 e. The lowest BCUT2D eigenvalue weighted by molar-refractivity contribution is 0.840. The number of H-pyrrole nitrogens is 1. The number of aromatic amines is 1. The van der Waals surface area contributed by atoms with Gasteiger partial charge < -0.3 is 14.9 Å². The topological polar surface area (TPSA) is 90.7 Å². The fourth-order valence-electron chi connectivity index (χ4n) is 2.62. The van der Waals surface area contributed by atoms with Crippen LogP contribution in [0.1, 0.15) is 11.3 Å². The van der Waals surface area contributed by atoms with E-state index in [1.807, 2.05) is 6.07 Å². The largest absolute Gasteiger partial charge is 0.380 e. The zero-order valence-electron chi connectivity index (χ0n) is 13.5. The standard InChI is InChI=1S/C18H15ClN4O2/c1-23-14(10-20)3-5-16(18(23)25)21-7-6-11-8-12-9-13(19)2-4-15(12)22-17(11)24/h2-5,8-9,21H,6-7H2,1H3,(H,22,24). The lowest BCUT2D eigenvalue weighted by atomic mass is 10.1. The summed E-state index contributed by atoms with van der Waals surface area (Å²) in [6, 6.07) is 12.2. The number of nitrogens with one attached hydrogen (secondary N) is 2. The minimum absolute atomic E-state index is 0.163. The van der Waals surface area contributed by atoms with E-state index in [9.17, 15) is 9.59 Å². The highest BCUT2D eigenvalue weighted by molar-refractivity contribution is 6.31. The van der Waals surface area contributed by atoms with Crippen LogP contribution in [0.2, 0.25) is 5.02 Å². The summed E-state index contributed by atoms with van der Waals surface area (Å²) in [7, 11) is 1.55. The van der Waals surface area contributed by atoms with Crippen molar-refractivity contribution in [3.63, 3.8) is 0 Å². The molecule has 0 bridgehead atoms. The molecule has 2 aromatic heterocycles. The second kappa shape index (κ2) is 6.83. The van der Waals surface area contributed by atoms with Crippen molar-refractivity contribution in [1.29, 1.82) is 5.26 Å². The summed E-state index contributed by atoms with van der Waals surface area (Å²) in [6.07, 6.45) is 0.445. The van der Waals surface area contributed by atoms with Crippen molar-refractivity contribution in [3.8, 4) is 6.07 Å². The first kappa shape index (κ1) is 16.8. The van der Waals surface area contributed by atoms with E-state index in [4.69, 9.17) is 16.9 Å². The summed E-state index contributed by atoms with van der Waals surface area (Å²) in [5.74, 6) is 0. The summed E-state index contributed by atoms with van der Waals surface area (Å²) in [6.45, 7) is 0.413. The van der Waals surface area contributed by atoms with Crippen LogP contribution in [-0.2, 0) is 13.5 Å². The van der Waals surface area contributed by atoms with Crippen molar-refractivity contribution in [1.82, 2.24) is 9.55 Å². The van der Waals surface area contributed by atoms with E-state index < -0.39 is 0 Å². The summed E-state index contributed by atoms with van der Waals surface area (Å²) in [4.78, 5) is 27.1. The van der Waals surface area contributed by atoms with Gasteiger partial charge >= 0.3 is 0 Å². The fraction of sp³-hybridized carbons (Fsp3) is 0.167. The smallest absolute Gasteiger partial charge is 0.274 e. The minimum atomic E-state index is -0.279. The average molecular weight is 355 g/mol. The normalized spacial score (nSPS) is 10.6. The molecule has 0 aliphatic carbocycles. The molecular weight excluding hydrogens is 340 g/mol. The van der Waals surface area contributed by atoms with Gasteiger partial charge in [0.15, 0.2) is 0 Å². The van der Waals surface area contributed by atoms with E-state index in [0.29, 0.717) is 34.9 Å². The van der Waals surface area contributed by atoms with E-state index in [2.05, 4.69) is 10.3 Å². The molecule has 1 aromatic carbocycles. The van der Waals surface area contributed by atoms with Gasteiger partial charge in [0.2, 0.25) is 0 Å². The van der Waals surface area contributed by atoms with Crippen molar-refractivity contribution < 1.29 is 0 Å². The molecule has 0 aliphatic rings. The van der Waals surface area contributed by atoms with Gasteiger partial charge in [-0.2, -0.15) is 5.26 Å². The highest BCUT2D eigenvalue weighted by atomic mass is 35.5. The summed E-state index contributed by atoms with van der Waals surface area (Å²) in [5, 5.41) is 13.4. The number of nitriles is 1. The molecule has 6 nitrogen and oxygen atoms in total. The predicted molar refractivity (Wildman–Crippen MR) is 98.2 cm³/mol. The van der Waals surface area contributed by atoms with Crippen LogP contribution in [0.25, 0.3) is 10.9 Å². The number of hydrogen-bond acceptors (Lipinski definition) is 4. The van der Waals surface area contributed by atoms with Gasteiger partial charge in [-0.1, -0.05) is 11.6 Å². The van der Waals surface area contributed by atoms with Crippen LogP contribution in [0.15, 0.2) is 46.0 Å². The Labute approximate surface area is 148 Å². The van der Waals surface area contributed by atoms with Gasteiger partial charge in [-0.25, -0.2) is 0 Å². The number of pyridine rings is 2. The summed E-state index contributed by atoms with van der Waals surface area (Å²) < 4.78 is 1.28. The van der Waals surface area contributed by atoms with Crippen molar-refractivity contribution in [2.24, 2.45) is 7.05 Å². The molecule has 0 saturated heterocycles. The van der Waals surface area contributed by atoms with Crippen LogP contribution in [-0.4, -0.2) is 16.1 Å². The predicted octanol–water partition coefficient (Wildman–Crippen LogP) is 2.41. The molecule has 0 radical (unpaired) electrons. The van der Waals surface area contributed by atoms with Gasteiger partial charge in [0.25, 0.3) is 11.1 Å². The zero-order chi connectivity index (χ0) is 18.0. The maximum absolute atomic E-state index is 12.1. The van der Waals surface area contributed by atoms with Gasteiger partial charge in [0.1, 0.15) is 17.5 Å². The molecule has 126 valence electrons. The molecule has 0 amide bonds. The van der Waals surface area contributed by atoms with Crippen molar-refractivity contribution in [2.45, 2.75) is 6.42 Å². The lowest BCUT2D eigenvalue weighted by Gasteiger charge is -2.09. The number of halogens is 1. The van der Waals surface area contributed by atoms with E-state index in [1.165, 1.54) is 4.57 Å². The fourth-order valence-corrected chi connectivity index (χ4v) is 2.80. The number of anilines is 1. The summed E-state index contributed by atoms with van der Waals surface area (Å²) >= 11 is 5.99. The Balaban J connectivity index is 1.79. The number of benzene rings is 1. The van der Waals surface area contributed by atoms with E-state index >= 15 is 0 Å². The van der Waals surface area contributed by atoms with Crippen LogP contribution in [0.5, 0.6) is 0 Å². The monoisotopic (exact) mass is 354 g/mol. The van der Waals surface area contributed by atoms with E-state index in [1.54, 1.807) is 43.4 Å². The highest BCUT2D eigenvalue weighted by Crippen LogP contribution is 2.17. The third-order valence-electron chi connectivity index (χ3n) is 4.01. The highest BCUT2D eigenvalue weighted by Gasteiger charge is 2.07. The quantitative estimate of drug-likeness (QED) is 0.752. The Kier molecular flexibility index (Phi) is 4.59. The van der Waals surface area contributed by atoms with Gasteiger partial charge in [-0.15, -0.1) is 0 Å². The van der Waals surface area contributed by atoms with Crippen molar-refractivity contribution in [2.75, 3.05) is 11.9 Å². The first-order chi connectivity index (χ1) is 12.0. The number of fused-ring (bicyclic) bond motifs is 1. The van der Waals surface area contributed by atoms with Gasteiger partial charge in [-0.3, -0.25) is 9.59 Å². The number of nitrogens with zero attached hydrogens (tertiary/aromatic N) is 2. The van der Waals surface area contributed by atoms with Gasteiger partial charge in [0.05, 0.1) is 0 Å².